The number of halogens is 3. The number of carbonyl (C=O) groups excluding carboxylic acids is 1. The molecule has 23 heavy (non-hydrogen) atoms. The largest absolute Gasteiger partial charge is 0.444 e. The van der Waals surface area contributed by atoms with Gasteiger partial charge in [0.05, 0.1) is 18.2 Å². The first kappa shape index (κ1) is 17.6. The molecule has 1 N–H and O–H groups in total. The van der Waals surface area contributed by atoms with Crippen molar-refractivity contribution in [2.75, 3.05) is 6.61 Å². The second kappa shape index (κ2) is 6.39. The van der Waals surface area contributed by atoms with E-state index in [2.05, 4.69) is 5.32 Å². The smallest absolute Gasteiger partial charge is 0.416 e. The highest BCUT2D eigenvalue weighted by Crippen LogP contribution is 2.29. The molecule has 0 aliphatic carbocycles. The van der Waals surface area contributed by atoms with Crippen LogP contribution in [0.2, 0.25) is 0 Å². The number of hydrogen-bond donors (Lipinski definition) is 1. The molecule has 128 valence electrons. The van der Waals surface area contributed by atoms with Crippen molar-refractivity contribution >= 4 is 6.09 Å². The van der Waals surface area contributed by atoms with Crippen LogP contribution < -0.4 is 5.32 Å². The van der Waals surface area contributed by atoms with Gasteiger partial charge in [-0.1, -0.05) is 12.1 Å². The average Bonchev–Trinajstić information content (AvgIpc) is 3.19. The highest BCUT2D eigenvalue weighted by atomic mass is 19.4. The fraction of sp³-hybridized carbons (Fsp3) is 0.562. The number of benzene rings is 1. The van der Waals surface area contributed by atoms with Crippen LogP contribution in [-0.2, 0) is 22.1 Å². The maximum Gasteiger partial charge on any atom is 0.416 e. The Morgan fingerprint density at radius 2 is 1.87 bits per heavy atom. The van der Waals surface area contributed by atoms with Crippen LogP contribution in [-0.4, -0.2) is 30.4 Å². The molecule has 0 bridgehead atoms. The third-order valence-electron chi connectivity index (χ3n) is 3.25. The Labute approximate surface area is 133 Å². The van der Waals surface area contributed by atoms with Crippen LogP contribution >= 0.6 is 0 Å². The maximum absolute atomic E-state index is 12.6. The second-order valence-corrected chi connectivity index (χ2v) is 6.52. The summed E-state index contributed by atoms with van der Waals surface area (Å²) in [5.41, 5.74) is -0.622. The summed E-state index contributed by atoms with van der Waals surface area (Å²) in [6.45, 7) is 5.78. The van der Waals surface area contributed by atoms with E-state index in [1.54, 1.807) is 20.8 Å². The lowest BCUT2D eigenvalue weighted by Gasteiger charge is -2.23. The summed E-state index contributed by atoms with van der Waals surface area (Å²) in [6, 6.07) is 4.56. The van der Waals surface area contributed by atoms with Crippen LogP contribution in [0.3, 0.4) is 0 Å². The predicted molar refractivity (Wildman–Crippen MR) is 78.0 cm³/mol. The van der Waals surface area contributed by atoms with Crippen molar-refractivity contribution in [3.8, 4) is 0 Å². The summed E-state index contributed by atoms with van der Waals surface area (Å²) in [5, 5.41) is 2.72. The molecule has 1 saturated heterocycles. The fourth-order valence-electron chi connectivity index (χ4n) is 2.11. The number of ether oxygens (including phenoxy) is 2. The highest BCUT2D eigenvalue weighted by molar-refractivity contribution is 5.68. The Morgan fingerprint density at radius 1 is 1.30 bits per heavy atom. The summed E-state index contributed by atoms with van der Waals surface area (Å²) in [4.78, 5) is 11.8. The van der Waals surface area contributed by atoms with Crippen LogP contribution in [0.4, 0.5) is 18.0 Å². The molecule has 7 heteroatoms. The van der Waals surface area contributed by atoms with Crippen molar-refractivity contribution in [2.24, 2.45) is 0 Å². The molecule has 1 heterocycles. The topological polar surface area (TPSA) is 50.9 Å². The minimum absolute atomic E-state index is 0.134. The molecule has 0 unspecified atom stereocenters. The van der Waals surface area contributed by atoms with E-state index in [-0.39, 0.29) is 12.1 Å². The first-order valence-electron chi connectivity index (χ1n) is 7.32. The number of rotatable bonds is 4. The van der Waals surface area contributed by atoms with Crippen LogP contribution in [0, 0.1) is 0 Å². The number of alkyl carbamates (subject to hydrolysis) is 1. The van der Waals surface area contributed by atoms with Gasteiger partial charge in [0.2, 0.25) is 0 Å². The molecule has 0 radical (unpaired) electrons. The van der Waals surface area contributed by atoms with Gasteiger partial charge in [-0.25, -0.2) is 4.79 Å². The zero-order valence-corrected chi connectivity index (χ0v) is 13.2. The minimum Gasteiger partial charge on any atom is -0.444 e. The van der Waals surface area contributed by atoms with Gasteiger partial charge in [-0.15, -0.1) is 0 Å². The summed E-state index contributed by atoms with van der Waals surface area (Å²) in [7, 11) is 0. The molecule has 1 aliphatic rings. The third kappa shape index (κ3) is 5.74. The van der Waals surface area contributed by atoms with Crippen LogP contribution in [0.5, 0.6) is 0 Å². The van der Waals surface area contributed by atoms with Crippen molar-refractivity contribution in [3.63, 3.8) is 0 Å². The summed E-state index contributed by atoms with van der Waals surface area (Å²) >= 11 is 0. The van der Waals surface area contributed by atoms with E-state index in [1.807, 2.05) is 0 Å². The highest BCUT2D eigenvalue weighted by Gasteiger charge is 2.35. The number of carbonyl (C=O) groups is 1. The molecule has 0 aromatic heterocycles. The lowest BCUT2D eigenvalue weighted by Crippen LogP contribution is -2.43. The van der Waals surface area contributed by atoms with Gasteiger partial charge in [0, 0.05) is 0 Å². The van der Waals surface area contributed by atoms with Gasteiger partial charge in [-0.2, -0.15) is 13.2 Å². The number of nitrogens with one attached hydrogen (secondary N) is 1. The van der Waals surface area contributed by atoms with E-state index in [4.69, 9.17) is 9.47 Å². The Balaban J connectivity index is 1.98. The lowest BCUT2D eigenvalue weighted by molar-refractivity contribution is -0.137. The van der Waals surface area contributed by atoms with E-state index in [0.717, 1.165) is 12.1 Å². The average molecular weight is 331 g/mol. The first-order valence-corrected chi connectivity index (χ1v) is 7.32. The molecule has 1 fully saturated rings. The van der Waals surface area contributed by atoms with Crippen molar-refractivity contribution in [3.05, 3.63) is 35.4 Å². The predicted octanol–water partition coefficient (Wildman–Crippen LogP) is 3.54. The van der Waals surface area contributed by atoms with Gasteiger partial charge in [0.25, 0.3) is 0 Å². The van der Waals surface area contributed by atoms with Gasteiger partial charge in [0.1, 0.15) is 11.7 Å². The maximum atomic E-state index is 12.6. The molecular formula is C16H20F3NO3. The summed E-state index contributed by atoms with van der Waals surface area (Å²) in [6.07, 6.45) is -4.68. The Morgan fingerprint density at radius 3 is 2.30 bits per heavy atom. The lowest BCUT2D eigenvalue weighted by atomic mass is 10.0. The van der Waals surface area contributed by atoms with E-state index in [9.17, 15) is 18.0 Å². The van der Waals surface area contributed by atoms with Crippen molar-refractivity contribution in [1.82, 2.24) is 5.32 Å². The minimum atomic E-state index is -4.35. The molecule has 2 rings (SSSR count). The van der Waals surface area contributed by atoms with Crippen molar-refractivity contribution < 1.29 is 27.4 Å². The Kier molecular flexibility index (Phi) is 4.89. The molecule has 0 spiro atoms. The monoisotopic (exact) mass is 331 g/mol. The Bertz CT molecular complexity index is 545. The normalized spacial score (nSPS) is 19.1. The molecule has 1 amide bonds. The van der Waals surface area contributed by atoms with Crippen molar-refractivity contribution in [1.29, 1.82) is 0 Å². The van der Waals surface area contributed by atoms with Crippen LogP contribution in [0.1, 0.15) is 31.9 Å². The number of alkyl halides is 3. The van der Waals surface area contributed by atoms with E-state index < -0.39 is 23.4 Å². The zero-order valence-electron chi connectivity index (χ0n) is 13.2. The van der Waals surface area contributed by atoms with Crippen LogP contribution in [0.25, 0.3) is 0 Å². The van der Waals surface area contributed by atoms with Gasteiger partial charge in [0.15, 0.2) is 0 Å². The second-order valence-electron chi connectivity index (χ2n) is 6.52. The first-order chi connectivity index (χ1) is 10.5. The third-order valence-corrected chi connectivity index (χ3v) is 3.25. The molecule has 1 aromatic carbocycles. The molecule has 1 aromatic rings. The van der Waals surface area contributed by atoms with Gasteiger partial charge in [-0.05, 0) is 44.9 Å². The summed E-state index contributed by atoms with van der Waals surface area (Å²) in [5.74, 6) is 0. The van der Waals surface area contributed by atoms with Gasteiger partial charge >= 0.3 is 12.3 Å². The van der Waals surface area contributed by atoms with E-state index in [0.29, 0.717) is 18.6 Å². The van der Waals surface area contributed by atoms with Gasteiger partial charge in [-0.3, -0.25) is 0 Å². The Hall–Kier alpha value is -1.76. The molecule has 4 nitrogen and oxygen atoms in total. The summed E-state index contributed by atoms with van der Waals surface area (Å²) < 4.78 is 48.1. The van der Waals surface area contributed by atoms with E-state index >= 15 is 0 Å². The number of amides is 1. The zero-order chi connectivity index (χ0) is 17.3. The van der Waals surface area contributed by atoms with Crippen molar-refractivity contribution in [2.45, 2.75) is 51.1 Å². The molecule has 2 atom stereocenters. The standard InChI is InChI=1S/C16H20F3NO3/c1-15(2,3)23-14(21)20-12(13-9-22-13)8-10-4-6-11(7-5-10)16(17,18)19/h4-7,12-13H,8-9H2,1-3H3,(H,20,21)/t12-,13-/m0/s1. The van der Waals surface area contributed by atoms with Crippen LogP contribution in [0.15, 0.2) is 24.3 Å². The molecular weight excluding hydrogens is 311 g/mol. The molecule has 1 aliphatic heterocycles. The number of hydrogen-bond acceptors (Lipinski definition) is 3. The molecule has 0 saturated carbocycles. The fourth-order valence-corrected chi connectivity index (χ4v) is 2.11. The number of epoxide rings is 1. The SMILES string of the molecule is CC(C)(C)OC(=O)N[C@@H](Cc1ccc(C(F)(F)F)cc1)[C@@H]1CO1. The van der Waals surface area contributed by atoms with Gasteiger partial charge < -0.3 is 14.8 Å². The van der Waals surface area contributed by atoms with E-state index in [1.165, 1.54) is 12.1 Å². The quantitative estimate of drug-likeness (QED) is 0.859.